The van der Waals surface area contributed by atoms with Gasteiger partial charge in [-0.1, -0.05) is 0 Å². The topological polar surface area (TPSA) is 85.3 Å². The van der Waals surface area contributed by atoms with Gasteiger partial charge in [0.15, 0.2) is 0 Å². The Kier molecular flexibility index (Phi) is 3.41. The summed E-state index contributed by atoms with van der Waals surface area (Å²) in [5, 5.41) is 8.59. The van der Waals surface area contributed by atoms with Crippen molar-refractivity contribution in [3.8, 4) is 0 Å². The average Bonchev–Trinajstić information content (AvgIpc) is 2.16. The van der Waals surface area contributed by atoms with Crippen molar-refractivity contribution < 1.29 is 9.90 Å². The maximum absolute atomic E-state index is 11.2. The minimum atomic E-state index is -0.567. The van der Waals surface area contributed by atoms with Gasteiger partial charge in [0.2, 0.25) is 5.91 Å². The maximum atomic E-state index is 11.2. The van der Waals surface area contributed by atoms with Crippen LogP contribution in [-0.4, -0.2) is 22.2 Å². The Labute approximate surface area is 80.8 Å². The van der Waals surface area contributed by atoms with Crippen LogP contribution in [0.5, 0.6) is 0 Å². The third-order valence-electron chi connectivity index (χ3n) is 1.83. The predicted octanol–water partition coefficient (Wildman–Crippen LogP) is -0.670. The van der Waals surface area contributed by atoms with Gasteiger partial charge in [0.1, 0.15) is 0 Å². The highest BCUT2D eigenvalue weighted by Crippen LogP contribution is 1.95. The van der Waals surface area contributed by atoms with Crippen molar-refractivity contribution in [1.82, 2.24) is 4.57 Å². The largest absolute Gasteiger partial charge is 0.396 e. The summed E-state index contributed by atoms with van der Waals surface area (Å²) < 4.78 is 1.36. The molecule has 0 radical (unpaired) electrons. The molecule has 0 aromatic carbocycles. The minimum absolute atomic E-state index is 0.00718. The van der Waals surface area contributed by atoms with E-state index in [1.807, 2.05) is 0 Å². The summed E-state index contributed by atoms with van der Waals surface area (Å²) in [5.41, 5.74) is 5.15. The van der Waals surface area contributed by atoms with E-state index in [2.05, 4.69) is 0 Å². The molecule has 0 bridgehead atoms. The first-order valence-electron chi connectivity index (χ1n) is 4.26. The number of rotatable bonds is 4. The van der Waals surface area contributed by atoms with E-state index in [0.717, 1.165) is 0 Å². The lowest BCUT2D eigenvalue weighted by Gasteiger charge is -2.04. The fraction of sp³-hybridized carbons (Fsp3) is 0.333. The molecule has 3 N–H and O–H groups in total. The molecular formula is C9H12N2O3. The number of primary amides is 1. The predicted molar refractivity (Wildman–Crippen MR) is 50.9 cm³/mol. The quantitative estimate of drug-likeness (QED) is 0.669. The molecule has 1 rings (SSSR count). The molecular weight excluding hydrogens is 184 g/mol. The van der Waals surface area contributed by atoms with E-state index >= 15 is 0 Å². The number of amides is 1. The second kappa shape index (κ2) is 4.57. The van der Waals surface area contributed by atoms with E-state index in [1.54, 1.807) is 0 Å². The molecule has 5 heteroatoms. The molecule has 0 saturated carbocycles. The lowest BCUT2D eigenvalue weighted by molar-refractivity contribution is 0.0999. The fourth-order valence-corrected chi connectivity index (χ4v) is 1.09. The minimum Gasteiger partial charge on any atom is -0.396 e. The summed E-state index contributed by atoms with van der Waals surface area (Å²) in [6.45, 7) is 0.393. The molecule has 0 unspecified atom stereocenters. The van der Waals surface area contributed by atoms with Crippen LogP contribution in [0.15, 0.2) is 23.1 Å². The normalized spacial score (nSPS) is 10.1. The molecule has 0 saturated heterocycles. The van der Waals surface area contributed by atoms with Gasteiger partial charge >= 0.3 is 0 Å². The summed E-state index contributed by atoms with van der Waals surface area (Å²) in [6, 6.07) is 2.68. The Morgan fingerprint density at radius 3 is 2.79 bits per heavy atom. The van der Waals surface area contributed by atoms with Crippen molar-refractivity contribution in [3.05, 3.63) is 34.2 Å². The Balaban J connectivity index is 2.96. The van der Waals surface area contributed by atoms with Crippen molar-refractivity contribution in [2.24, 2.45) is 5.73 Å². The van der Waals surface area contributed by atoms with Crippen LogP contribution in [0.2, 0.25) is 0 Å². The van der Waals surface area contributed by atoms with Crippen LogP contribution in [0.25, 0.3) is 0 Å². The third-order valence-corrected chi connectivity index (χ3v) is 1.83. The van der Waals surface area contributed by atoms with E-state index in [4.69, 9.17) is 10.8 Å². The van der Waals surface area contributed by atoms with E-state index < -0.39 is 5.91 Å². The van der Waals surface area contributed by atoms with Crippen molar-refractivity contribution in [2.45, 2.75) is 13.0 Å². The van der Waals surface area contributed by atoms with Crippen molar-refractivity contribution in [1.29, 1.82) is 0 Å². The van der Waals surface area contributed by atoms with Crippen LogP contribution in [0.1, 0.15) is 16.8 Å². The number of aryl methyl sites for hydroxylation is 1. The van der Waals surface area contributed by atoms with Gasteiger partial charge in [-0.25, -0.2) is 0 Å². The molecule has 1 amide bonds. The number of hydrogen-bond donors (Lipinski definition) is 2. The zero-order valence-corrected chi connectivity index (χ0v) is 7.64. The van der Waals surface area contributed by atoms with E-state index in [1.165, 1.54) is 22.9 Å². The van der Waals surface area contributed by atoms with Crippen molar-refractivity contribution in [3.63, 3.8) is 0 Å². The highest BCUT2D eigenvalue weighted by Gasteiger charge is 2.02. The first kappa shape index (κ1) is 10.5. The van der Waals surface area contributed by atoms with Crippen LogP contribution in [-0.2, 0) is 6.54 Å². The summed E-state index contributed by atoms with van der Waals surface area (Å²) in [6.07, 6.45) is 1.88. The molecule has 14 heavy (non-hydrogen) atoms. The van der Waals surface area contributed by atoms with Gasteiger partial charge < -0.3 is 15.4 Å². The monoisotopic (exact) mass is 196 g/mol. The standard InChI is InChI=1S/C9H12N2O3/c10-9(14)7-2-3-8(13)11(6-7)4-1-5-12/h2-3,6,12H,1,4-5H2,(H2,10,14). The van der Waals surface area contributed by atoms with Crippen LogP contribution < -0.4 is 11.3 Å². The smallest absolute Gasteiger partial charge is 0.250 e. The molecule has 5 nitrogen and oxygen atoms in total. The number of aromatic nitrogens is 1. The zero-order valence-electron chi connectivity index (χ0n) is 7.64. The number of pyridine rings is 1. The van der Waals surface area contributed by atoms with Gasteiger partial charge in [-0.15, -0.1) is 0 Å². The van der Waals surface area contributed by atoms with Gasteiger partial charge in [0.05, 0.1) is 5.56 Å². The number of hydrogen-bond acceptors (Lipinski definition) is 3. The zero-order chi connectivity index (χ0) is 10.6. The summed E-state index contributed by atoms with van der Waals surface area (Å²) in [4.78, 5) is 22.0. The number of aliphatic hydroxyl groups excluding tert-OH is 1. The maximum Gasteiger partial charge on any atom is 0.250 e. The molecule has 0 atom stereocenters. The number of carbonyl (C=O) groups is 1. The summed E-state index contributed by atoms with van der Waals surface area (Å²) in [5.74, 6) is -0.567. The van der Waals surface area contributed by atoms with Gasteiger partial charge in [-0.2, -0.15) is 0 Å². The Morgan fingerprint density at radius 1 is 1.50 bits per heavy atom. The average molecular weight is 196 g/mol. The van der Waals surface area contributed by atoms with Crippen molar-refractivity contribution in [2.75, 3.05) is 6.61 Å². The lowest BCUT2D eigenvalue weighted by Crippen LogP contribution is -2.22. The molecule has 0 spiro atoms. The molecule has 1 aromatic rings. The number of nitrogens with zero attached hydrogens (tertiary/aromatic N) is 1. The van der Waals surface area contributed by atoms with Gasteiger partial charge in [-0.3, -0.25) is 9.59 Å². The molecule has 76 valence electrons. The van der Waals surface area contributed by atoms with Gasteiger partial charge in [0.25, 0.3) is 5.56 Å². The van der Waals surface area contributed by atoms with Crippen LogP contribution in [0, 0.1) is 0 Å². The van der Waals surface area contributed by atoms with E-state index in [0.29, 0.717) is 18.5 Å². The van der Waals surface area contributed by atoms with E-state index in [9.17, 15) is 9.59 Å². The van der Waals surface area contributed by atoms with Crippen LogP contribution in [0.3, 0.4) is 0 Å². The molecule has 0 aliphatic carbocycles. The Hall–Kier alpha value is -1.62. The van der Waals surface area contributed by atoms with E-state index in [-0.39, 0.29) is 12.2 Å². The highest BCUT2D eigenvalue weighted by atomic mass is 16.3. The molecule has 1 heterocycles. The van der Waals surface area contributed by atoms with Gasteiger partial charge in [-0.05, 0) is 12.5 Å². The number of nitrogens with two attached hydrogens (primary N) is 1. The van der Waals surface area contributed by atoms with Gasteiger partial charge in [0, 0.05) is 25.4 Å². The first-order valence-corrected chi connectivity index (χ1v) is 4.26. The lowest BCUT2D eigenvalue weighted by atomic mass is 10.2. The number of carbonyl (C=O) groups excluding carboxylic acids is 1. The van der Waals surface area contributed by atoms with Crippen LogP contribution >= 0.6 is 0 Å². The SMILES string of the molecule is NC(=O)c1ccc(=O)n(CCCO)c1. The molecule has 0 fully saturated rings. The third kappa shape index (κ3) is 2.43. The van der Waals surface area contributed by atoms with Crippen LogP contribution in [0.4, 0.5) is 0 Å². The summed E-state index contributed by atoms with van der Waals surface area (Å²) in [7, 11) is 0. The Morgan fingerprint density at radius 2 is 2.21 bits per heavy atom. The second-order valence-electron chi connectivity index (χ2n) is 2.89. The summed E-state index contributed by atoms with van der Waals surface area (Å²) >= 11 is 0. The number of aliphatic hydroxyl groups is 1. The first-order chi connectivity index (χ1) is 6.65. The Bertz CT molecular complexity index is 384. The molecule has 1 aromatic heterocycles. The fourth-order valence-electron chi connectivity index (χ4n) is 1.09. The molecule has 0 aliphatic heterocycles. The highest BCUT2D eigenvalue weighted by molar-refractivity contribution is 5.92. The van der Waals surface area contributed by atoms with Crippen molar-refractivity contribution >= 4 is 5.91 Å². The molecule has 0 aliphatic rings. The second-order valence-corrected chi connectivity index (χ2v) is 2.89.